The highest BCUT2D eigenvalue weighted by Crippen LogP contribution is 2.19. The molecule has 0 aliphatic carbocycles. The summed E-state index contributed by atoms with van der Waals surface area (Å²) >= 11 is 0. The summed E-state index contributed by atoms with van der Waals surface area (Å²) in [5, 5.41) is 3.33. The van der Waals surface area contributed by atoms with Gasteiger partial charge in [-0.3, -0.25) is 5.32 Å². The maximum atomic E-state index is 6.05. The van der Waals surface area contributed by atoms with Crippen LogP contribution in [0.25, 0.3) is 0 Å². The van der Waals surface area contributed by atoms with Gasteiger partial charge >= 0.3 is 0 Å². The van der Waals surface area contributed by atoms with Gasteiger partial charge in [0.15, 0.2) is 0 Å². The molecule has 0 spiro atoms. The second-order valence-electron chi connectivity index (χ2n) is 6.02. The summed E-state index contributed by atoms with van der Waals surface area (Å²) < 4.78 is 17.4. The van der Waals surface area contributed by atoms with Crippen LogP contribution in [0.5, 0.6) is 5.75 Å². The summed E-state index contributed by atoms with van der Waals surface area (Å²) in [5.41, 5.74) is 2.27. The lowest BCUT2D eigenvalue weighted by molar-refractivity contribution is -0.0932. The number of hydrogen-bond acceptors (Lipinski definition) is 4. The Labute approximate surface area is 143 Å². The summed E-state index contributed by atoms with van der Waals surface area (Å²) in [4.78, 5) is 0. The number of nitrogens with one attached hydrogen (secondary N) is 1. The van der Waals surface area contributed by atoms with E-state index in [1.807, 2.05) is 36.4 Å². The molecule has 24 heavy (non-hydrogen) atoms. The van der Waals surface area contributed by atoms with Crippen molar-refractivity contribution in [2.45, 2.75) is 38.4 Å². The quantitative estimate of drug-likeness (QED) is 0.845. The molecule has 1 N–H and O–H groups in total. The Morgan fingerprint density at radius 3 is 2.67 bits per heavy atom. The van der Waals surface area contributed by atoms with Crippen LogP contribution in [0.2, 0.25) is 0 Å². The van der Waals surface area contributed by atoms with Crippen LogP contribution in [0.4, 0.5) is 0 Å². The van der Waals surface area contributed by atoms with Gasteiger partial charge in [0.05, 0.1) is 12.7 Å². The van der Waals surface area contributed by atoms with Gasteiger partial charge in [0.25, 0.3) is 0 Å². The standard InChI is InChI=1S/C20H25NO3/c1-22-20-19(11-6-12-21-20)24-15-17-9-5-10-18(13-17)23-14-16-7-3-2-4-8-16/h2-5,7-10,13,19-21H,6,11-12,14-15H2,1H3. The predicted octanol–water partition coefficient (Wildman–Crippen LogP) is 3.51. The Morgan fingerprint density at radius 2 is 1.83 bits per heavy atom. The Hall–Kier alpha value is -1.88. The topological polar surface area (TPSA) is 39.7 Å². The van der Waals surface area contributed by atoms with Gasteiger partial charge in [-0.15, -0.1) is 0 Å². The molecule has 1 aliphatic heterocycles. The summed E-state index contributed by atoms with van der Waals surface area (Å²) in [6.07, 6.45) is 2.22. The highest BCUT2D eigenvalue weighted by molar-refractivity contribution is 5.28. The largest absolute Gasteiger partial charge is 0.489 e. The van der Waals surface area contributed by atoms with Crippen LogP contribution < -0.4 is 10.1 Å². The highest BCUT2D eigenvalue weighted by atomic mass is 16.5. The van der Waals surface area contributed by atoms with E-state index in [2.05, 4.69) is 23.5 Å². The van der Waals surface area contributed by atoms with E-state index in [9.17, 15) is 0 Å². The van der Waals surface area contributed by atoms with Crippen molar-refractivity contribution in [3.8, 4) is 5.75 Å². The van der Waals surface area contributed by atoms with Crippen LogP contribution in [0, 0.1) is 0 Å². The summed E-state index contributed by atoms with van der Waals surface area (Å²) in [7, 11) is 1.72. The van der Waals surface area contributed by atoms with E-state index in [4.69, 9.17) is 14.2 Å². The third-order valence-corrected chi connectivity index (χ3v) is 4.21. The summed E-state index contributed by atoms with van der Waals surface area (Å²) in [5.74, 6) is 0.866. The molecule has 0 aromatic heterocycles. The van der Waals surface area contributed by atoms with Gasteiger partial charge in [0, 0.05) is 7.11 Å². The number of hydrogen-bond donors (Lipinski definition) is 1. The third-order valence-electron chi connectivity index (χ3n) is 4.21. The number of methoxy groups -OCH3 is 1. The zero-order chi connectivity index (χ0) is 16.6. The second kappa shape index (κ2) is 8.83. The van der Waals surface area contributed by atoms with Gasteiger partial charge in [0.2, 0.25) is 0 Å². The molecule has 4 nitrogen and oxygen atoms in total. The molecule has 0 saturated carbocycles. The molecule has 2 aromatic rings. The molecule has 0 bridgehead atoms. The van der Waals surface area contributed by atoms with Crippen molar-refractivity contribution in [1.82, 2.24) is 5.32 Å². The Balaban J connectivity index is 1.53. The molecule has 1 heterocycles. The van der Waals surface area contributed by atoms with Gasteiger partial charge in [-0.05, 0) is 42.6 Å². The average molecular weight is 327 g/mol. The first-order valence-electron chi connectivity index (χ1n) is 8.48. The first-order valence-corrected chi connectivity index (χ1v) is 8.48. The smallest absolute Gasteiger partial charge is 0.134 e. The molecule has 2 unspecified atom stereocenters. The van der Waals surface area contributed by atoms with Crippen molar-refractivity contribution in [3.05, 3.63) is 65.7 Å². The molecular formula is C20H25NO3. The van der Waals surface area contributed by atoms with Crippen LogP contribution in [0.3, 0.4) is 0 Å². The summed E-state index contributed by atoms with van der Waals surface area (Å²) in [6, 6.07) is 18.3. The molecule has 0 radical (unpaired) electrons. The zero-order valence-corrected chi connectivity index (χ0v) is 14.1. The van der Waals surface area contributed by atoms with Crippen LogP contribution in [-0.4, -0.2) is 26.0 Å². The molecule has 1 saturated heterocycles. The van der Waals surface area contributed by atoms with Crippen LogP contribution >= 0.6 is 0 Å². The fourth-order valence-corrected chi connectivity index (χ4v) is 2.91. The van der Waals surface area contributed by atoms with E-state index in [1.54, 1.807) is 7.11 Å². The van der Waals surface area contributed by atoms with Crippen molar-refractivity contribution in [3.63, 3.8) is 0 Å². The normalized spacial score (nSPS) is 20.7. The third kappa shape index (κ3) is 4.81. The SMILES string of the molecule is COC1NCCCC1OCc1cccc(OCc2ccccc2)c1. The van der Waals surface area contributed by atoms with Crippen molar-refractivity contribution in [2.75, 3.05) is 13.7 Å². The van der Waals surface area contributed by atoms with Gasteiger partial charge in [-0.25, -0.2) is 0 Å². The first-order chi connectivity index (χ1) is 11.8. The van der Waals surface area contributed by atoms with Crippen molar-refractivity contribution >= 4 is 0 Å². The predicted molar refractivity (Wildman–Crippen MR) is 93.8 cm³/mol. The van der Waals surface area contributed by atoms with E-state index in [0.717, 1.165) is 36.3 Å². The highest BCUT2D eigenvalue weighted by Gasteiger charge is 2.24. The minimum atomic E-state index is -0.0173. The number of piperidine rings is 1. The van der Waals surface area contributed by atoms with E-state index < -0.39 is 0 Å². The molecule has 1 fully saturated rings. The minimum Gasteiger partial charge on any atom is -0.489 e. The van der Waals surface area contributed by atoms with Crippen LogP contribution in [0.15, 0.2) is 54.6 Å². The molecule has 2 aromatic carbocycles. The van der Waals surface area contributed by atoms with Crippen LogP contribution in [0.1, 0.15) is 24.0 Å². The lowest BCUT2D eigenvalue weighted by atomic mass is 10.1. The minimum absolute atomic E-state index is 0.0173. The van der Waals surface area contributed by atoms with E-state index in [1.165, 1.54) is 0 Å². The lowest BCUT2D eigenvalue weighted by Crippen LogP contribution is -2.47. The van der Waals surface area contributed by atoms with Crippen molar-refractivity contribution in [1.29, 1.82) is 0 Å². The monoisotopic (exact) mass is 327 g/mol. The van der Waals surface area contributed by atoms with E-state index >= 15 is 0 Å². The van der Waals surface area contributed by atoms with E-state index in [0.29, 0.717) is 13.2 Å². The number of benzene rings is 2. The Bertz CT molecular complexity index is 617. The molecular weight excluding hydrogens is 302 g/mol. The fraction of sp³-hybridized carbons (Fsp3) is 0.400. The van der Waals surface area contributed by atoms with Gasteiger partial charge in [-0.2, -0.15) is 0 Å². The van der Waals surface area contributed by atoms with Crippen molar-refractivity contribution < 1.29 is 14.2 Å². The van der Waals surface area contributed by atoms with Crippen LogP contribution in [-0.2, 0) is 22.7 Å². The second-order valence-corrected chi connectivity index (χ2v) is 6.02. The van der Waals surface area contributed by atoms with Gasteiger partial charge in [-0.1, -0.05) is 42.5 Å². The van der Waals surface area contributed by atoms with Gasteiger partial charge < -0.3 is 14.2 Å². The molecule has 0 amide bonds. The number of rotatable bonds is 7. The van der Waals surface area contributed by atoms with Gasteiger partial charge in [0.1, 0.15) is 18.6 Å². The zero-order valence-electron chi connectivity index (χ0n) is 14.1. The molecule has 1 aliphatic rings. The fourth-order valence-electron chi connectivity index (χ4n) is 2.91. The van der Waals surface area contributed by atoms with Crippen molar-refractivity contribution in [2.24, 2.45) is 0 Å². The Morgan fingerprint density at radius 1 is 1.00 bits per heavy atom. The maximum absolute atomic E-state index is 6.05. The lowest BCUT2D eigenvalue weighted by Gasteiger charge is -2.31. The maximum Gasteiger partial charge on any atom is 0.134 e. The van der Waals surface area contributed by atoms with E-state index in [-0.39, 0.29) is 12.3 Å². The molecule has 3 rings (SSSR count). The molecule has 4 heteroatoms. The average Bonchev–Trinajstić information content (AvgIpc) is 2.66. The molecule has 128 valence electrons. The summed E-state index contributed by atoms with van der Waals surface area (Å²) in [6.45, 7) is 2.12. The molecule has 2 atom stereocenters. The number of ether oxygens (including phenoxy) is 3. The Kier molecular flexibility index (Phi) is 6.24. The first kappa shape index (κ1) is 17.0.